The van der Waals surface area contributed by atoms with Crippen LogP contribution in [-0.4, -0.2) is 35.6 Å². The lowest BCUT2D eigenvalue weighted by molar-refractivity contribution is -0.136. The number of rotatable bonds is 6. The number of primary amides is 1. The number of nitrogens with one attached hydrogen (secondary N) is 2. The minimum Gasteiger partial charge on any atom is -0.481 e. The lowest BCUT2D eigenvalue weighted by Crippen LogP contribution is -2.51. The van der Waals surface area contributed by atoms with Gasteiger partial charge in [-0.3, -0.25) is 9.59 Å². The van der Waals surface area contributed by atoms with Gasteiger partial charge in [0.15, 0.2) is 0 Å². The predicted molar refractivity (Wildman–Crippen MR) is 56.6 cm³/mol. The Morgan fingerprint density at radius 1 is 1.31 bits per heavy atom. The van der Waals surface area contributed by atoms with Crippen molar-refractivity contribution in [3.8, 4) is 0 Å². The van der Waals surface area contributed by atoms with E-state index in [1.165, 1.54) is 0 Å². The first kappa shape index (κ1) is 14.2. The van der Waals surface area contributed by atoms with Crippen molar-refractivity contribution >= 4 is 17.9 Å². The average Bonchev–Trinajstić information content (AvgIpc) is 2.12. The molecule has 7 heteroatoms. The van der Waals surface area contributed by atoms with Crippen LogP contribution in [0.4, 0.5) is 4.79 Å². The smallest absolute Gasteiger partial charge is 0.315 e. The van der Waals surface area contributed by atoms with E-state index in [9.17, 15) is 14.4 Å². The molecule has 1 unspecified atom stereocenters. The molecule has 0 aliphatic heterocycles. The summed E-state index contributed by atoms with van der Waals surface area (Å²) in [7, 11) is 0. The third-order valence-electron chi connectivity index (χ3n) is 1.88. The van der Waals surface area contributed by atoms with E-state index >= 15 is 0 Å². The maximum absolute atomic E-state index is 11.2. The highest BCUT2D eigenvalue weighted by Gasteiger charge is 2.21. The van der Waals surface area contributed by atoms with E-state index in [1.54, 1.807) is 13.8 Å². The largest absolute Gasteiger partial charge is 0.481 e. The number of urea groups is 1. The minimum atomic E-state index is -1.00. The van der Waals surface area contributed by atoms with Crippen molar-refractivity contribution in [2.45, 2.75) is 26.3 Å². The fraction of sp³-hybridized carbons (Fsp3) is 0.667. The van der Waals surface area contributed by atoms with Crippen molar-refractivity contribution in [3.05, 3.63) is 0 Å². The van der Waals surface area contributed by atoms with Gasteiger partial charge < -0.3 is 21.5 Å². The van der Waals surface area contributed by atoms with Gasteiger partial charge in [-0.05, 0) is 5.92 Å². The van der Waals surface area contributed by atoms with Crippen molar-refractivity contribution in [2.24, 2.45) is 11.7 Å². The highest BCUT2D eigenvalue weighted by molar-refractivity contribution is 5.86. The molecule has 7 nitrogen and oxygen atoms in total. The first-order valence-electron chi connectivity index (χ1n) is 4.90. The number of hydrogen-bond donors (Lipinski definition) is 4. The van der Waals surface area contributed by atoms with Gasteiger partial charge in [-0.1, -0.05) is 13.8 Å². The van der Waals surface area contributed by atoms with Crippen LogP contribution in [0.5, 0.6) is 0 Å². The molecule has 5 N–H and O–H groups in total. The number of carboxylic acids is 1. The van der Waals surface area contributed by atoms with Crippen molar-refractivity contribution in [1.82, 2.24) is 10.6 Å². The number of carbonyl (C=O) groups is 3. The van der Waals surface area contributed by atoms with Crippen LogP contribution in [0.3, 0.4) is 0 Å². The molecule has 0 aromatic carbocycles. The van der Waals surface area contributed by atoms with Crippen molar-refractivity contribution < 1.29 is 19.5 Å². The zero-order valence-electron chi connectivity index (χ0n) is 9.32. The molecule has 0 saturated carbocycles. The fourth-order valence-electron chi connectivity index (χ4n) is 1.04. The lowest BCUT2D eigenvalue weighted by atomic mass is 10.0. The quantitative estimate of drug-likeness (QED) is 0.481. The van der Waals surface area contributed by atoms with Crippen LogP contribution in [0.1, 0.15) is 20.3 Å². The second-order valence-corrected chi connectivity index (χ2v) is 3.67. The number of amides is 3. The van der Waals surface area contributed by atoms with Gasteiger partial charge in [0, 0.05) is 6.54 Å². The molecule has 0 aromatic rings. The maximum Gasteiger partial charge on any atom is 0.315 e. The molecule has 0 saturated heterocycles. The highest BCUT2D eigenvalue weighted by Crippen LogP contribution is 1.99. The van der Waals surface area contributed by atoms with Gasteiger partial charge in [0.2, 0.25) is 5.91 Å². The molecule has 92 valence electrons. The normalized spacial score (nSPS) is 11.9. The molecular weight excluding hydrogens is 214 g/mol. The van der Waals surface area contributed by atoms with E-state index in [2.05, 4.69) is 10.6 Å². The molecule has 0 heterocycles. The fourth-order valence-corrected chi connectivity index (χ4v) is 1.04. The van der Waals surface area contributed by atoms with E-state index in [4.69, 9.17) is 10.8 Å². The Labute approximate surface area is 93.4 Å². The van der Waals surface area contributed by atoms with Gasteiger partial charge in [-0.25, -0.2) is 4.79 Å². The monoisotopic (exact) mass is 231 g/mol. The van der Waals surface area contributed by atoms with Gasteiger partial charge in [0.25, 0.3) is 0 Å². The maximum atomic E-state index is 11.2. The summed E-state index contributed by atoms with van der Waals surface area (Å²) >= 11 is 0. The third-order valence-corrected chi connectivity index (χ3v) is 1.88. The molecule has 0 aromatic heterocycles. The Hall–Kier alpha value is -1.79. The van der Waals surface area contributed by atoms with E-state index in [1.807, 2.05) is 0 Å². The lowest BCUT2D eigenvalue weighted by Gasteiger charge is -2.18. The number of carboxylic acid groups (broad SMARTS) is 1. The van der Waals surface area contributed by atoms with E-state index in [-0.39, 0.29) is 18.9 Å². The molecule has 1 atom stereocenters. The highest BCUT2D eigenvalue weighted by atomic mass is 16.4. The Morgan fingerprint density at radius 2 is 1.88 bits per heavy atom. The van der Waals surface area contributed by atoms with Gasteiger partial charge in [0.05, 0.1) is 6.42 Å². The number of aliphatic carboxylic acids is 1. The Kier molecular flexibility index (Phi) is 5.91. The Bertz CT molecular complexity index is 278. The summed E-state index contributed by atoms with van der Waals surface area (Å²) in [6.45, 7) is 3.49. The van der Waals surface area contributed by atoms with Crippen molar-refractivity contribution in [2.75, 3.05) is 6.54 Å². The topological polar surface area (TPSA) is 122 Å². The molecule has 0 spiro atoms. The van der Waals surface area contributed by atoms with Crippen molar-refractivity contribution in [1.29, 1.82) is 0 Å². The SMILES string of the molecule is CC(C)C(NC(=O)NCCC(=O)O)C(N)=O. The third kappa shape index (κ3) is 5.84. The molecule has 3 amide bonds. The second-order valence-electron chi connectivity index (χ2n) is 3.67. The van der Waals surface area contributed by atoms with Gasteiger partial charge in [-0.2, -0.15) is 0 Å². The average molecular weight is 231 g/mol. The summed E-state index contributed by atoms with van der Waals surface area (Å²) in [5, 5.41) is 13.0. The molecule has 0 radical (unpaired) electrons. The standard InChI is InChI=1S/C9H17N3O4/c1-5(2)7(8(10)15)12-9(16)11-4-3-6(13)14/h5,7H,3-4H2,1-2H3,(H2,10,15)(H,13,14)(H2,11,12,16). The zero-order valence-corrected chi connectivity index (χ0v) is 9.32. The summed E-state index contributed by atoms with van der Waals surface area (Å²) in [6.07, 6.45) is -0.170. The van der Waals surface area contributed by atoms with E-state index < -0.39 is 23.9 Å². The van der Waals surface area contributed by atoms with Crippen LogP contribution in [0.25, 0.3) is 0 Å². The molecule has 16 heavy (non-hydrogen) atoms. The minimum absolute atomic E-state index is 0.00471. The Balaban J connectivity index is 4.01. The number of carbonyl (C=O) groups excluding carboxylic acids is 2. The summed E-state index contributed by atoms with van der Waals surface area (Å²) in [5.41, 5.74) is 5.09. The number of hydrogen-bond acceptors (Lipinski definition) is 3. The molecule has 0 aliphatic carbocycles. The zero-order chi connectivity index (χ0) is 12.7. The number of nitrogens with two attached hydrogens (primary N) is 1. The van der Waals surface area contributed by atoms with Gasteiger partial charge >= 0.3 is 12.0 Å². The second kappa shape index (κ2) is 6.65. The van der Waals surface area contributed by atoms with Crippen LogP contribution in [0.15, 0.2) is 0 Å². The van der Waals surface area contributed by atoms with Crippen LogP contribution < -0.4 is 16.4 Å². The Morgan fingerprint density at radius 3 is 2.25 bits per heavy atom. The summed E-state index contributed by atoms with van der Waals surface area (Å²) in [5.74, 6) is -1.75. The molecule has 0 aliphatic rings. The molecule has 0 bridgehead atoms. The molecule has 0 fully saturated rings. The molecular formula is C9H17N3O4. The first-order chi connectivity index (χ1) is 7.34. The summed E-state index contributed by atoms with van der Waals surface area (Å²) in [6, 6.07) is -1.36. The molecule has 0 rings (SSSR count). The van der Waals surface area contributed by atoms with Gasteiger partial charge in [0.1, 0.15) is 6.04 Å². The van der Waals surface area contributed by atoms with E-state index in [0.29, 0.717) is 0 Å². The summed E-state index contributed by atoms with van der Waals surface area (Å²) in [4.78, 5) is 32.3. The first-order valence-corrected chi connectivity index (χ1v) is 4.90. The van der Waals surface area contributed by atoms with Crippen LogP contribution in [0.2, 0.25) is 0 Å². The van der Waals surface area contributed by atoms with Crippen LogP contribution in [0, 0.1) is 5.92 Å². The summed E-state index contributed by atoms with van der Waals surface area (Å²) < 4.78 is 0. The van der Waals surface area contributed by atoms with Crippen LogP contribution >= 0.6 is 0 Å². The van der Waals surface area contributed by atoms with Crippen LogP contribution in [-0.2, 0) is 9.59 Å². The van der Waals surface area contributed by atoms with Crippen molar-refractivity contribution in [3.63, 3.8) is 0 Å². The van der Waals surface area contributed by atoms with E-state index in [0.717, 1.165) is 0 Å². The predicted octanol–water partition coefficient (Wildman–Crippen LogP) is -0.730. The van der Waals surface area contributed by atoms with Gasteiger partial charge in [-0.15, -0.1) is 0 Å².